The van der Waals surface area contributed by atoms with Crippen LogP contribution >= 0.6 is 11.3 Å². The van der Waals surface area contributed by atoms with Gasteiger partial charge in [-0.05, 0) is 67.1 Å². The molecule has 0 aliphatic carbocycles. The quantitative estimate of drug-likeness (QED) is 0.212. The fraction of sp³-hybridized carbons (Fsp3) is 0.0270. The molecule has 0 N–H and O–H groups in total. The van der Waals surface area contributed by atoms with Crippen LogP contribution in [0.15, 0.2) is 133 Å². The molecule has 1 aromatic heterocycles. The molecule has 0 bridgehead atoms. The Balaban J connectivity index is 1.24. The molecule has 1 heterocycles. The Hall–Kier alpha value is -4.46. The zero-order chi connectivity index (χ0) is 25.1. The summed E-state index contributed by atoms with van der Waals surface area (Å²) in [6.45, 7) is 0. The Labute approximate surface area is 225 Å². The maximum atomic E-state index is 2.41. The Kier molecular flexibility index (Phi) is 4.86. The molecule has 0 unspecified atom stereocenters. The van der Waals surface area contributed by atoms with Gasteiger partial charge in [-0.3, -0.25) is 0 Å². The lowest BCUT2D eigenvalue weighted by Gasteiger charge is -2.12. The molecule has 178 valence electrons. The first-order valence-electron chi connectivity index (χ1n) is 13.2. The predicted octanol–water partition coefficient (Wildman–Crippen LogP) is 10.8. The van der Waals surface area contributed by atoms with Crippen molar-refractivity contribution in [2.75, 3.05) is 0 Å². The van der Waals surface area contributed by atoms with Crippen molar-refractivity contribution in [2.24, 2.45) is 0 Å². The molecule has 0 saturated heterocycles. The van der Waals surface area contributed by atoms with Gasteiger partial charge >= 0.3 is 0 Å². The van der Waals surface area contributed by atoms with E-state index in [1.54, 1.807) is 0 Å². The average Bonchev–Trinajstić information content (AvgIpc) is 3.36. The zero-order valence-corrected chi connectivity index (χ0v) is 21.6. The van der Waals surface area contributed by atoms with Crippen LogP contribution in [-0.4, -0.2) is 0 Å². The summed E-state index contributed by atoms with van der Waals surface area (Å²) in [5.74, 6) is 0. The molecule has 0 fully saturated rings. The van der Waals surface area contributed by atoms with Crippen LogP contribution in [0.2, 0.25) is 0 Å². The molecule has 8 aromatic rings. The summed E-state index contributed by atoms with van der Waals surface area (Å²) >= 11 is 1.90. The monoisotopic (exact) mass is 500 g/mol. The second kappa shape index (κ2) is 8.55. The third kappa shape index (κ3) is 3.36. The van der Waals surface area contributed by atoms with Crippen LogP contribution in [0.5, 0.6) is 0 Å². The maximum absolute atomic E-state index is 2.41. The summed E-state index contributed by atoms with van der Waals surface area (Å²) in [5.41, 5.74) is 5.29. The van der Waals surface area contributed by atoms with Crippen LogP contribution in [0.1, 0.15) is 11.1 Å². The Morgan fingerprint density at radius 3 is 1.74 bits per heavy atom. The zero-order valence-electron chi connectivity index (χ0n) is 20.8. The van der Waals surface area contributed by atoms with E-state index in [1.807, 2.05) is 11.3 Å². The normalized spacial score (nSPS) is 11.8. The molecule has 0 aliphatic heterocycles. The highest BCUT2D eigenvalue weighted by Crippen LogP contribution is 2.40. The number of hydrogen-bond acceptors (Lipinski definition) is 1. The van der Waals surface area contributed by atoms with Crippen molar-refractivity contribution >= 4 is 63.8 Å². The number of hydrogen-bond donors (Lipinski definition) is 0. The van der Waals surface area contributed by atoms with Gasteiger partial charge in [-0.1, -0.05) is 127 Å². The predicted molar refractivity (Wildman–Crippen MR) is 167 cm³/mol. The van der Waals surface area contributed by atoms with Gasteiger partial charge in [-0.2, -0.15) is 0 Å². The second-order valence-corrected chi connectivity index (χ2v) is 11.2. The van der Waals surface area contributed by atoms with Crippen molar-refractivity contribution in [3.8, 4) is 11.1 Å². The Morgan fingerprint density at radius 2 is 0.974 bits per heavy atom. The second-order valence-electron chi connectivity index (χ2n) is 10.1. The van der Waals surface area contributed by atoms with Crippen molar-refractivity contribution in [2.45, 2.75) is 6.42 Å². The smallest absolute Gasteiger partial charge is 0.0433 e. The Morgan fingerprint density at radius 1 is 0.395 bits per heavy atom. The van der Waals surface area contributed by atoms with Crippen LogP contribution in [0.25, 0.3) is 63.6 Å². The molecule has 0 radical (unpaired) electrons. The van der Waals surface area contributed by atoms with E-state index in [9.17, 15) is 0 Å². The minimum Gasteiger partial charge on any atom is -0.135 e. The maximum Gasteiger partial charge on any atom is 0.0433 e. The van der Waals surface area contributed by atoms with Gasteiger partial charge in [0.05, 0.1) is 0 Å². The molecule has 0 atom stereocenters. The summed E-state index contributed by atoms with van der Waals surface area (Å²) in [4.78, 5) is 0. The molecular weight excluding hydrogens is 476 g/mol. The minimum atomic E-state index is 0.910. The van der Waals surface area contributed by atoms with Crippen LogP contribution < -0.4 is 0 Å². The topological polar surface area (TPSA) is 0 Å². The molecule has 0 saturated carbocycles. The van der Waals surface area contributed by atoms with Crippen molar-refractivity contribution in [1.82, 2.24) is 0 Å². The van der Waals surface area contributed by atoms with Crippen molar-refractivity contribution < 1.29 is 0 Å². The lowest BCUT2D eigenvalue weighted by atomic mass is 9.92. The molecule has 0 amide bonds. The molecule has 0 nitrogen and oxygen atoms in total. The van der Waals surface area contributed by atoms with E-state index >= 15 is 0 Å². The van der Waals surface area contributed by atoms with E-state index < -0.39 is 0 Å². The highest BCUT2D eigenvalue weighted by molar-refractivity contribution is 7.26. The van der Waals surface area contributed by atoms with Gasteiger partial charge in [-0.25, -0.2) is 0 Å². The van der Waals surface area contributed by atoms with Gasteiger partial charge in [0.1, 0.15) is 0 Å². The summed E-state index contributed by atoms with van der Waals surface area (Å²) < 4.78 is 2.72. The summed E-state index contributed by atoms with van der Waals surface area (Å²) in [6.07, 6.45) is 0.910. The lowest BCUT2D eigenvalue weighted by Crippen LogP contribution is -1.91. The van der Waals surface area contributed by atoms with Gasteiger partial charge in [0.25, 0.3) is 0 Å². The molecule has 1 heteroatoms. The van der Waals surface area contributed by atoms with E-state index in [-0.39, 0.29) is 0 Å². The molecule has 8 rings (SSSR count). The first-order chi connectivity index (χ1) is 18.8. The minimum absolute atomic E-state index is 0.910. The summed E-state index contributed by atoms with van der Waals surface area (Å²) in [7, 11) is 0. The van der Waals surface area contributed by atoms with Gasteiger partial charge in [0.2, 0.25) is 0 Å². The van der Waals surface area contributed by atoms with Gasteiger partial charge in [0, 0.05) is 20.2 Å². The first kappa shape index (κ1) is 21.6. The van der Waals surface area contributed by atoms with Crippen LogP contribution in [-0.2, 0) is 6.42 Å². The third-order valence-electron chi connectivity index (χ3n) is 7.86. The fourth-order valence-corrected chi connectivity index (χ4v) is 7.36. The summed E-state index contributed by atoms with van der Waals surface area (Å²) in [5, 5.41) is 10.7. The van der Waals surface area contributed by atoms with Crippen LogP contribution in [0.4, 0.5) is 0 Å². The SMILES string of the molecule is c1cc(Cc2ccc3c4ccccc4c4ccccc4c3c2)cc(-c2cccc3c2sc2ccccc23)c1. The van der Waals surface area contributed by atoms with Crippen LogP contribution in [0.3, 0.4) is 0 Å². The highest BCUT2D eigenvalue weighted by atomic mass is 32.1. The van der Waals surface area contributed by atoms with E-state index in [4.69, 9.17) is 0 Å². The van der Waals surface area contributed by atoms with Crippen molar-refractivity contribution in [3.63, 3.8) is 0 Å². The Bertz CT molecular complexity index is 2130. The summed E-state index contributed by atoms with van der Waals surface area (Å²) in [6, 6.07) is 49.2. The third-order valence-corrected chi connectivity index (χ3v) is 9.08. The van der Waals surface area contributed by atoms with E-state index in [1.165, 1.54) is 74.7 Å². The molecule has 0 spiro atoms. The number of thiophene rings is 1. The van der Waals surface area contributed by atoms with Crippen molar-refractivity contribution in [3.05, 3.63) is 145 Å². The number of fused-ring (bicyclic) bond motifs is 9. The number of rotatable bonds is 3. The van der Waals surface area contributed by atoms with E-state index in [0.29, 0.717) is 0 Å². The standard InChI is InChI=1S/C37H24S/c1-2-13-30-28(11-1)29-12-3-4-14-31(29)35-23-25(19-20-32(30)35)21-24-9-7-10-26(22-24)27-16-8-17-34-33-15-5-6-18-36(33)38-37(27)34/h1-20,22-23H,21H2. The van der Waals surface area contributed by atoms with Crippen LogP contribution in [0, 0.1) is 0 Å². The van der Waals surface area contributed by atoms with E-state index in [2.05, 4.69) is 133 Å². The van der Waals surface area contributed by atoms with Crippen molar-refractivity contribution in [1.29, 1.82) is 0 Å². The first-order valence-corrected chi connectivity index (χ1v) is 14.0. The van der Waals surface area contributed by atoms with E-state index in [0.717, 1.165) is 6.42 Å². The average molecular weight is 501 g/mol. The fourth-order valence-electron chi connectivity index (χ4n) is 6.12. The molecular formula is C37H24S. The van der Waals surface area contributed by atoms with Gasteiger partial charge in [-0.15, -0.1) is 11.3 Å². The lowest BCUT2D eigenvalue weighted by molar-refractivity contribution is 1.20. The van der Waals surface area contributed by atoms with Gasteiger partial charge in [0.15, 0.2) is 0 Å². The molecule has 7 aromatic carbocycles. The highest BCUT2D eigenvalue weighted by Gasteiger charge is 2.12. The largest absolute Gasteiger partial charge is 0.135 e. The molecule has 38 heavy (non-hydrogen) atoms. The van der Waals surface area contributed by atoms with Gasteiger partial charge < -0.3 is 0 Å². The number of benzene rings is 7. The molecule has 0 aliphatic rings.